The highest BCUT2D eigenvalue weighted by molar-refractivity contribution is 6.06. The second-order valence-electron chi connectivity index (χ2n) is 5.39. The molecule has 0 unspecified atom stereocenters. The Hall–Kier alpha value is -3.48. The summed E-state index contributed by atoms with van der Waals surface area (Å²) in [4.78, 5) is 25.1. The molecule has 7 heteroatoms. The zero-order valence-corrected chi connectivity index (χ0v) is 13.9. The lowest BCUT2D eigenvalue weighted by molar-refractivity contribution is 0.102. The summed E-state index contributed by atoms with van der Waals surface area (Å²) in [7, 11) is 1.54. The van der Waals surface area contributed by atoms with Crippen LogP contribution in [-0.2, 0) is 0 Å². The number of nitrogen functional groups attached to an aromatic ring is 1. The molecule has 0 aliphatic rings. The predicted molar refractivity (Wildman–Crippen MR) is 95.4 cm³/mol. The minimum Gasteiger partial charge on any atom is -0.495 e. The Kier molecular flexibility index (Phi) is 4.56. The molecule has 0 saturated carbocycles. The number of rotatable bonds is 4. The number of ether oxygens (including phenoxy) is 1. The van der Waals surface area contributed by atoms with Crippen molar-refractivity contribution in [3.63, 3.8) is 0 Å². The van der Waals surface area contributed by atoms with Crippen molar-refractivity contribution < 1.29 is 9.53 Å². The van der Waals surface area contributed by atoms with E-state index in [1.54, 1.807) is 24.5 Å². The van der Waals surface area contributed by atoms with Crippen LogP contribution in [0.5, 0.6) is 5.75 Å². The second kappa shape index (κ2) is 6.96. The highest BCUT2D eigenvalue weighted by atomic mass is 16.5. The van der Waals surface area contributed by atoms with Crippen LogP contribution in [0.3, 0.4) is 0 Å². The number of nitrogens with one attached hydrogen (secondary N) is 1. The van der Waals surface area contributed by atoms with Gasteiger partial charge in [0.25, 0.3) is 5.91 Å². The van der Waals surface area contributed by atoms with E-state index in [1.165, 1.54) is 13.3 Å². The Morgan fingerprint density at radius 1 is 1.24 bits per heavy atom. The van der Waals surface area contributed by atoms with Crippen molar-refractivity contribution in [3.05, 3.63) is 60.2 Å². The van der Waals surface area contributed by atoms with Gasteiger partial charge in [0, 0.05) is 18.0 Å². The molecule has 0 aliphatic heterocycles. The van der Waals surface area contributed by atoms with Crippen molar-refractivity contribution in [2.45, 2.75) is 6.92 Å². The first-order valence-electron chi connectivity index (χ1n) is 7.57. The normalized spacial score (nSPS) is 10.3. The number of pyridine rings is 1. The second-order valence-corrected chi connectivity index (χ2v) is 5.39. The molecule has 126 valence electrons. The van der Waals surface area contributed by atoms with Gasteiger partial charge in [0.05, 0.1) is 24.7 Å². The lowest BCUT2D eigenvalue weighted by Crippen LogP contribution is -2.17. The van der Waals surface area contributed by atoms with Crippen LogP contribution in [0.4, 0.5) is 11.5 Å². The lowest BCUT2D eigenvalue weighted by atomic mass is 10.2. The summed E-state index contributed by atoms with van der Waals surface area (Å²) in [6.07, 6.45) is 4.81. The fraction of sp³-hybridized carbons (Fsp3) is 0.111. The molecule has 3 rings (SSSR count). The molecule has 0 atom stereocenters. The third-order valence-electron chi connectivity index (χ3n) is 3.58. The van der Waals surface area contributed by atoms with Crippen LogP contribution < -0.4 is 15.8 Å². The fourth-order valence-electron chi connectivity index (χ4n) is 2.32. The third kappa shape index (κ3) is 3.55. The molecule has 3 N–H and O–H groups in total. The van der Waals surface area contributed by atoms with Gasteiger partial charge in [-0.15, -0.1) is 0 Å². The lowest BCUT2D eigenvalue weighted by Gasteiger charge is -2.12. The zero-order chi connectivity index (χ0) is 17.8. The summed E-state index contributed by atoms with van der Waals surface area (Å²) in [5, 5.41) is 2.78. The van der Waals surface area contributed by atoms with Crippen molar-refractivity contribution in [2.75, 3.05) is 18.2 Å². The van der Waals surface area contributed by atoms with Crippen molar-refractivity contribution >= 4 is 17.4 Å². The molecular weight excluding hydrogens is 318 g/mol. The topological polar surface area (TPSA) is 103 Å². The maximum atomic E-state index is 12.6. The van der Waals surface area contributed by atoms with E-state index in [9.17, 15) is 4.79 Å². The van der Waals surface area contributed by atoms with E-state index in [0.29, 0.717) is 17.1 Å². The summed E-state index contributed by atoms with van der Waals surface area (Å²) in [6.45, 7) is 1.92. The molecule has 3 aromatic rings. The van der Waals surface area contributed by atoms with Crippen LogP contribution in [0.1, 0.15) is 16.1 Å². The third-order valence-corrected chi connectivity index (χ3v) is 3.58. The number of nitrogens with two attached hydrogens (primary N) is 1. The van der Waals surface area contributed by atoms with Gasteiger partial charge in [-0.2, -0.15) is 0 Å². The minimum atomic E-state index is -0.459. The predicted octanol–water partition coefficient (Wildman–Crippen LogP) is 2.69. The molecule has 0 saturated heterocycles. The van der Waals surface area contributed by atoms with E-state index in [0.717, 1.165) is 11.1 Å². The standard InChI is InChI=1S/C18H17N5O2/c1-11-5-6-15(25-2)13(8-11)23-18(24)16-17(19)21-10-14(22-16)12-4-3-7-20-9-12/h3-10H,1-2H3,(H2,19,21)(H,23,24). The summed E-state index contributed by atoms with van der Waals surface area (Å²) < 4.78 is 5.27. The van der Waals surface area contributed by atoms with Gasteiger partial charge in [-0.05, 0) is 36.8 Å². The summed E-state index contributed by atoms with van der Waals surface area (Å²) >= 11 is 0. The number of carbonyl (C=O) groups is 1. The molecule has 0 fully saturated rings. The number of amides is 1. The molecular formula is C18H17N5O2. The van der Waals surface area contributed by atoms with Crippen LogP contribution in [0.15, 0.2) is 48.9 Å². The number of carbonyl (C=O) groups excluding carboxylic acids is 1. The Bertz CT molecular complexity index is 913. The average molecular weight is 335 g/mol. The van der Waals surface area contributed by atoms with Crippen molar-refractivity contribution in [1.82, 2.24) is 15.0 Å². The number of benzene rings is 1. The van der Waals surface area contributed by atoms with Gasteiger partial charge in [-0.1, -0.05) is 6.07 Å². The van der Waals surface area contributed by atoms with Crippen LogP contribution in [0.25, 0.3) is 11.3 Å². The van der Waals surface area contributed by atoms with Crippen LogP contribution in [0, 0.1) is 6.92 Å². The average Bonchev–Trinajstić information content (AvgIpc) is 2.63. The van der Waals surface area contributed by atoms with Gasteiger partial charge < -0.3 is 15.8 Å². The van der Waals surface area contributed by atoms with Gasteiger partial charge in [0.1, 0.15) is 5.75 Å². The van der Waals surface area contributed by atoms with Gasteiger partial charge in [-0.3, -0.25) is 9.78 Å². The van der Waals surface area contributed by atoms with Crippen molar-refractivity contribution in [2.24, 2.45) is 0 Å². The van der Waals surface area contributed by atoms with Crippen LogP contribution in [-0.4, -0.2) is 28.0 Å². The number of anilines is 2. The number of methoxy groups -OCH3 is 1. The zero-order valence-electron chi connectivity index (χ0n) is 13.9. The van der Waals surface area contributed by atoms with E-state index >= 15 is 0 Å². The monoisotopic (exact) mass is 335 g/mol. The van der Waals surface area contributed by atoms with Crippen LogP contribution >= 0.6 is 0 Å². The molecule has 0 spiro atoms. The highest BCUT2D eigenvalue weighted by Gasteiger charge is 2.17. The highest BCUT2D eigenvalue weighted by Crippen LogP contribution is 2.26. The Balaban J connectivity index is 1.94. The Labute approximate surface area is 144 Å². The first-order chi connectivity index (χ1) is 12.1. The Morgan fingerprint density at radius 2 is 2.08 bits per heavy atom. The van der Waals surface area contributed by atoms with E-state index in [4.69, 9.17) is 10.5 Å². The van der Waals surface area contributed by atoms with E-state index in [2.05, 4.69) is 20.3 Å². The summed E-state index contributed by atoms with van der Waals surface area (Å²) in [5.74, 6) is 0.144. The molecule has 1 aromatic carbocycles. The fourth-order valence-corrected chi connectivity index (χ4v) is 2.32. The smallest absolute Gasteiger partial charge is 0.278 e. The SMILES string of the molecule is COc1ccc(C)cc1NC(=O)c1nc(-c2cccnc2)cnc1N. The van der Waals surface area contributed by atoms with Gasteiger partial charge in [0.2, 0.25) is 0 Å². The van der Waals surface area contributed by atoms with Gasteiger partial charge >= 0.3 is 0 Å². The van der Waals surface area contributed by atoms with E-state index < -0.39 is 5.91 Å². The van der Waals surface area contributed by atoms with Gasteiger partial charge in [0.15, 0.2) is 11.5 Å². The maximum absolute atomic E-state index is 12.6. The number of hydrogen-bond acceptors (Lipinski definition) is 6. The van der Waals surface area contributed by atoms with E-state index in [-0.39, 0.29) is 11.5 Å². The molecule has 0 bridgehead atoms. The summed E-state index contributed by atoms with van der Waals surface area (Å²) in [5.41, 5.74) is 8.68. The molecule has 25 heavy (non-hydrogen) atoms. The van der Waals surface area contributed by atoms with Crippen molar-refractivity contribution in [3.8, 4) is 17.0 Å². The molecule has 0 radical (unpaired) electrons. The number of aromatic nitrogens is 3. The van der Waals surface area contributed by atoms with Crippen molar-refractivity contribution in [1.29, 1.82) is 0 Å². The minimum absolute atomic E-state index is 0.0462. The summed E-state index contributed by atoms with van der Waals surface area (Å²) in [6, 6.07) is 9.10. The maximum Gasteiger partial charge on any atom is 0.278 e. The van der Waals surface area contributed by atoms with E-state index in [1.807, 2.05) is 25.1 Å². The van der Waals surface area contributed by atoms with Gasteiger partial charge in [-0.25, -0.2) is 9.97 Å². The quantitative estimate of drug-likeness (QED) is 0.760. The first kappa shape index (κ1) is 16.4. The molecule has 2 heterocycles. The number of aryl methyl sites for hydroxylation is 1. The first-order valence-corrected chi connectivity index (χ1v) is 7.57. The molecule has 1 amide bonds. The Morgan fingerprint density at radius 3 is 2.80 bits per heavy atom. The molecule has 2 aromatic heterocycles. The van der Waals surface area contributed by atoms with Crippen LogP contribution in [0.2, 0.25) is 0 Å². The largest absolute Gasteiger partial charge is 0.495 e. The molecule has 0 aliphatic carbocycles. The number of nitrogens with zero attached hydrogens (tertiary/aromatic N) is 3. The number of hydrogen-bond donors (Lipinski definition) is 2. The molecule has 7 nitrogen and oxygen atoms in total.